The van der Waals surface area contributed by atoms with E-state index in [2.05, 4.69) is 10.2 Å². The van der Waals surface area contributed by atoms with E-state index in [0.29, 0.717) is 19.1 Å². The van der Waals surface area contributed by atoms with Crippen molar-refractivity contribution in [1.82, 2.24) is 10.2 Å². The third-order valence-electron chi connectivity index (χ3n) is 2.75. The molecule has 1 saturated carbocycles. The van der Waals surface area contributed by atoms with Crippen LogP contribution in [0.3, 0.4) is 0 Å². The molecule has 0 spiro atoms. The molecule has 4 heteroatoms. The fourth-order valence-corrected chi connectivity index (χ4v) is 1.75. The molecule has 1 aromatic heterocycles. The van der Waals surface area contributed by atoms with Gasteiger partial charge >= 0.3 is 0 Å². The van der Waals surface area contributed by atoms with Crippen molar-refractivity contribution in [3.8, 4) is 0 Å². The zero-order chi connectivity index (χ0) is 11.4. The molecule has 2 N–H and O–H groups in total. The molecule has 0 radical (unpaired) electrons. The van der Waals surface area contributed by atoms with Crippen LogP contribution in [0.25, 0.3) is 0 Å². The molecule has 90 valence electrons. The van der Waals surface area contributed by atoms with Crippen LogP contribution < -0.4 is 5.32 Å². The van der Waals surface area contributed by atoms with Crippen LogP contribution >= 0.6 is 0 Å². The number of nitrogens with zero attached hydrogens (tertiary/aromatic N) is 1. The topological polar surface area (TPSA) is 48.6 Å². The Morgan fingerprint density at radius 3 is 3.06 bits per heavy atom. The average Bonchev–Trinajstić information content (AvgIpc) is 2.94. The smallest absolute Gasteiger partial charge is 0.117 e. The van der Waals surface area contributed by atoms with Crippen molar-refractivity contribution in [2.45, 2.75) is 31.5 Å². The third-order valence-corrected chi connectivity index (χ3v) is 2.75. The maximum absolute atomic E-state index is 9.79. The second-order valence-corrected chi connectivity index (χ2v) is 4.61. The number of hydrogen-bond acceptors (Lipinski definition) is 4. The Bertz CT molecular complexity index is 296. The Morgan fingerprint density at radius 1 is 1.62 bits per heavy atom. The minimum absolute atomic E-state index is 0.305. The highest BCUT2D eigenvalue weighted by atomic mass is 16.3. The van der Waals surface area contributed by atoms with Gasteiger partial charge in [0.15, 0.2) is 0 Å². The van der Waals surface area contributed by atoms with E-state index in [1.807, 2.05) is 19.2 Å². The highest BCUT2D eigenvalue weighted by Gasteiger charge is 2.21. The van der Waals surface area contributed by atoms with Crippen LogP contribution in [-0.4, -0.2) is 42.3 Å². The predicted octanol–water partition coefficient (Wildman–Crippen LogP) is 0.824. The molecule has 0 amide bonds. The van der Waals surface area contributed by atoms with E-state index in [1.54, 1.807) is 6.26 Å². The van der Waals surface area contributed by atoms with Gasteiger partial charge in [0.05, 0.1) is 18.9 Å². The first kappa shape index (κ1) is 11.6. The lowest BCUT2D eigenvalue weighted by Gasteiger charge is -2.19. The number of aliphatic hydroxyl groups excluding tert-OH is 1. The maximum atomic E-state index is 9.79. The van der Waals surface area contributed by atoms with Gasteiger partial charge in [-0.05, 0) is 32.0 Å². The van der Waals surface area contributed by atoms with Crippen LogP contribution in [0.2, 0.25) is 0 Å². The summed E-state index contributed by atoms with van der Waals surface area (Å²) in [5.74, 6) is 0.935. The van der Waals surface area contributed by atoms with Crippen LogP contribution in [0.15, 0.2) is 22.8 Å². The van der Waals surface area contributed by atoms with Crippen LogP contribution in [0.1, 0.15) is 18.6 Å². The Kier molecular flexibility index (Phi) is 3.98. The number of likely N-dealkylation sites (N-methyl/N-ethyl adjacent to an activating group) is 1. The molecular formula is C12H20N2O2. The summed E-state index contributed by atoms with van der Waals surface area (Å²) in [5.41, 5.74) is 0. The van der Waals surface area contributed by atoms with E-state index >= 15 is 0 Å². The summed E-state index contributed by atoms with van der Waals surface area (Å²) < 4.78 is 5.25. The van der Waals surface area contributed by atoms with E-state index in [1.165, 1.54) is 12.8 Å². The Hall–Kier alpha value is -0.840. The van der Waals surface area contributed by atoms with Gasteiger partial charge in [0.2, 0.25) is 0 Å². The Balaban J connectivity index is 1.63. The lowest BCUT2D eigenvalue weighted by atomic mass is 10.3. The molecule has 1 aliphatic carbocycles. The summed E-state index contributed by atoms with van der Waals surface area (Å²) in [6, 6.07) is 4.49. The largest absolute Gasteiger partial charge is 0.468 e. The molecule has 16 heavy (non-hydrogen) atoms. The Morgan fingerprint density at radius 2 is 2.44 bits per heavy atom. The molecule has 1 fully saturated rings. The molecule has 4 nitrogen and oxygen atoms in total. The molecule has 0 saturated heterocycles. The zero-order valence-electron chi connectivity index (χ0n) is 9.72. The number of nitrogens with one attached hydrogen (secondary N) is 1. The fraction of sp³-hybridized carbons (Fsp3) is 0.667. The summed E-state index contributed by atoms with van der Waals surface area (Å²) in [6.07, 6.45) is 3.89. The van der Waals surface area contributed by atoms with E-state index in [-0.39, 0.29) is 6.10 Å². The summed E-state index contributed by atoms with van der Waals surface area (Å²) in [7, 11) is 1.99. The summed E-state index contributed by atoms with van der Waals surface area (Å²) >= 11 is 0. The minimum atomic E-state index is -0.305. The van der Waals surface area contributed by atoms with Crippen molar-refractivity contribution in [1.29, 1.82) is 0 Å². The minimum Gasteiger partial charge on any atom is -0.468 e. The second kappa shape index (κ2) is 5.48. The summed E-state index contributed by atoms with van der Waals surface area (Å²) in [4.78, 5) is 2.07. The van der Waals surface area contributed by atoms with Crippen molar-refractivity contribution in [3.05, 3.63) is 24.2 Å². The van der Waals surface area contributed by atoms with Gasteiger partial charge in [-0.3, -0.25) is 4.90 Å². The molecule has 1 heterocycles. The third kappa shape index (κ3) is 3.96. The summed E-state index contributed by atoms with van der Waals surface area (Å²) in [5, 5.41) is 13.1. The highest BCUT2D eigenvalue weighted by molar-refractivity contribution is 4.97. The lowest BCUT2D eigenvalue weighted by molar-refractivity contribution is 0.117. The van der Waals surface area contributed by atoms with E-state index in [9.17, 15) is 5.11 Å². The SMILES string of the molecule is CN(Cc1ccco1)CC(O)CNC1CC1. The maximum Gasteiger partial charge on any atom is 0.117 e. The highest BCUT2D eigenvalue weighted by Crippen LogP contribution is 2.18. The molecular weight excluding hydrogens is 204 g/mol. The van der Waals surface area contributed by atoms with Gasteiger partial charge in [0, 0.05) is 19.1 Å². The van der Waals surface area contributed by atoms with Crippen molar-refractivity contribution >= 4 is 0 Å². The standard InChI is InChI=1S/C12H20N2O2/c1-14(9-12-3-2-6-16-12)8-11(15)7-13-10-4-5-10/h2-3,6,10-11,13,15H,4-5,7-9H2,1H3. The number of hydrogen-bond donors (Lipinski definition) is 2. The zero-order valence-corrected chi connectivity index (χ0v) is 9.72. The number of aliphatic hydroxyl groups is 1. The van der Waals surface area contributed by atoms with E-state index < -0.39 is 0 Å². The monoisotopic (exact) mass is 224 g/mol. The number of rotatable bonds is 7. The number of furan rings is 1. The van der Waals surface area contributed by atoms with Crippen LogP contribution in [0, 0.1) is 0 Å². The van der Waals surface area contributed by atoms with Crippen molar-refractivity contribution in [2.75, 3.05) is 20.1 Å². The molecule has 1 atom stereocenters. The van der Waals surface area contributed by atoms with Crippen LogP contribution in [0.5, 0.6) is 0 Å². The molecule has 0 aromatic carbocycles. The summed E-state index contributed by atoms with van der Waals surface area (Å²) in [6.45, 7) is 2.10. The van der Waals surface area contributed by atoms with Crippen molar-refractivity contribution < 1.29 is 9.52 Å². The van der Waals surface area contributed by atoms with Crippen molar-refractivity contribution in [2.24, 2.45) is 0 Å². The molecule has 0 bridgehead atoms. The quantitative estimate of drug-likeness (QED) is 0.720. The fourth-order valence-electron chi connectivity index (χ4n) is 1.75. The first-order chi connectivity index (χ1) is 7.74. The molecule has 1 aliphatic rings. The lowest BCUT2D eigenvalue weighted by Crippen LogP contribution is -2.37. The van der Waals surface area contributed by atoms with Crippen molar-refractivity contribution in [3.63, 3.8) is 0 Å². The Labute approximate surface area is 96.2 Å². The second-order valence-electron chi connectivity index (χ2n) is 4.61. The van der Waals surface area contributed by atoms with Gasteiger partial charge in [-0.25, -0.2) is 0 Å². The van der Waals surface area contributed by atoms with Gasteiger partial charge in [-0.1, -0.05) is 0 Å². The van der Waals surface area contributed by atoms with Crippen LogP contribution in [-0.2, 0) is 6.54 Å². The van der Waals surface area contributed by atoms with Crippen LogP contribution in [0.4, 0.5) is 0 Å². The molecule has 1 unspecified atom stereocenters. The van der Waals surface area contributed by atoms with E-state index in [0.717, 1.165) is 12.3 Å². The molecule has 1 aromatic rings. The van der Waals surface area contributed by atoms with E-state index in [4.69, 9.17) is 4.42 Å². The van der Waals surface area contributed by atoms with Gasteiger partial charge < -0.3 is 14.8 Å². The first-order valence-electron chi connectivity index (χ1n) is 5.86. The van der Waals surface area contributed by atoms with Gasteiger partial charge in [-0.15, -0.1) is 0 Å². The normalized spacial score (nSPS) is 17.9. The average molecular weight is 224 g/mol. The van der Waals surface area contributed by atoms with Gasteiger partial charge in [0.25, 0.3) is 0 Å². The van der Waals surface area contributed by atoms with Gasteiger partial charge in [0.1, 0.15) is 5.76 Å². The van der Waals surface area contributed by atoms with Gasteiger partial charge in [-0.2, -0.15) is 0 Å². The predicted molar refractivity (Wildman–Crippen MR) is 62.1 cm³/mol. The molecule has 2 rings (SSSR count). The first-order valence-corrected chi connectivity index (χ1v) is 5.86. The molecule has 0 aliphatic heterocycles.